The summed E-state index contributed by atoms with van der Waals surface area (Å²) in [5.74, 6) is -1.46. The van der Waals surface area contributed by atoms with Crippen molar-refractivity contribution in [2.75, 3.05) is 5.01 Å². The number of rotatable bonds is 4. The second-order valence-corrected chi connectivity index (χ2v) is 4.21. The highest BCUT2D eigenvalue weighted by atomic mass is 16.4. The summed E-state index contributed by atoms with van der Waals surface area (Å²) < 4.78 is 0. The molecule has 0 saturated heterocycles. The molecule has 1 aromatic rings. The zero-order valence-corrected chi connectivity index (χ0v) is 10.0. The number of carboxylic acid groups (broad SMARTS) is 1. The van der Waals surface area contributed by atoms with E-state index < -0.39 is 11.9 Å². The standard InChI is InChI=1S/C13H14N2O3/c1-9-11(7-8-12(16)17)13(18)15(14-9)10-5-3-2-4-6-10/h2-6,11H,7-8H2,1H3,(H,16,17)/t11-/m0/s1. The van der Waals surface area contributed by atoms with Crippen molar-refractivity contribution in [2.45, 2.75) is 19.8 Å². The summed E-state index contributed by atoms with van der Waals surface area (Å²) in [6.07, 6.45) is 0.277. The normalized spacial score (nSPS) is 18.9. The number of anilines is 1. The van der Waals surface area contributed by atoms with E-state index in [1.165, 1.54) is 5.01 Å². The molecule has 1 aromatic carbocycles. The maximum absolute atomic E-state index is 12.1. The van der Waals surface area contributed by atoms with Gasteiger partial charge in [0.05, 0.1) is 11.6 Å². The van der Waals surface area contributed by atoms with Crippen LogP contribution in [0.3, 0.4) is 0 Å². The smallest absolute Gasteiger partial charge is 0.303 e. The van der Waals surface area contributed by atoms with Crippen LogP contribution in [-0.2, 0) is 9.59 Å². The number of amides is 1. The first-order chi connectivity index (χ1) is 8.59. The minimum Gasteiger partial charge on any atom is -0.481 e. The lowest BCUT2D eigenvalue weighted by Gasteiger charge is -2.13. The quantitative estimate of drug-likeness (QED) is 0.881. The van der Waals surface area contributed by atoms with Gasteiger partial charge in [-0.15, -0.1) is 0 Å². The Morgan fingerprint density at radius 3 is 2.67 bits per heavy atom. The van der Waals surface area contributed by atoms with Gasteiger partial charge in [0.15, 0.2) is 0 Å². The summed E-state index contributed by atoms with van der Waals surface area (Å²) in [5, 5.41) is 14.2. The molecule has 94 valence electrons. The number of carbonyl (C=O) groups excluding carboxylic acids is 1. The first kappa shape index (κ1) is 12.3. The molecule has 18 heavy (non-hydrogen) atoms. The van der Waals surface area contributed by atoms with Gasteiger partial charge in [-0.2, -0.15) is 5.10 Å². The third-order valence-electron chi connectivity index (χ3n) is 2.92. The first-order valence-corrected chi connectivity index (χ1v) is 5.75. The van der Waals surface area contributed by atoms with Gasteiger partial charge in [0, 0.05) is 12.1 Å². The predicted octanol–water partition coefficient (Wildman–Crippen LogP) is 1.89. The molecule has 0 aliphatic carbocycles. The average Bonchev–Trinajstić information content (AvgIpc) is 2.63. The van der Waals surface area contributed by atoms with Gasteiger partial charge < -0.3 is 5.11 Å². The Balaban J connectivity index is 2.14. The van der Waals surface area contributed by atoms with Crippen molar-refractivity contribution >= 4 is 23.3 Å². The van der Waals surface area contributed by atoms with Crippen LogP contribution in [0.1, 0.15) is 19.8 Å². The molecule has 1 N–H and O–H groups in total. The molecule has 0 saturated carbocycles. The van der Waals surface area contributed by atoms with Gasteiger partial charge in [-0.1, -0.05) is 18.2 Å². The molecule has 1 amide bonds. The summed E-state index contributed by atoms with van der Waals surface area (Å²) in [5.41, 5.74) is 1.38. The third-order valence-corrected chi connectivity index (χ3v) is 2.92. The van der Waals surface area contributed by atoms with Crippen LogP contribution in [0.5, 0.6) is 0 Å². The van der Waals surface area contributed by atoms with E-state index in [-0.39, 0.29) is 12.3 Å². The van der Waals surface area contributed by atoms with Crippen molar-refractivity contribution in [3.8, 4) is 0 Å². The van der Waals surface area contributed by atoms with Gasteiger partial charge in [-0.3, -0.25) is 9.59 Å². The van der Waals surface area contributed by atoms with Crippen LogP contribution in [0, 0.1) is 5.92 Å². The lowest BCUT2D eigenvalue weighted by Crippen LogP contribution is -2.27. The summed E-state index contributed by atoms with van der Waals surface area (Å²) in [6, 6.07) is 9.13. The van der Waals surface area contributed by atoms with Crippen LogP contribution in [0.4, 0.5) is 5.69 Å². The summed E-state index contributed by atoms with van der Waals surface area (Å²) >= 11 is 0. The maximum atomic E-state index is 12.1. The Labute approximate surface area is 105 Å². The van der Waals surface area contributed by atoms with Crippen molar-refractivity contribution in [3.63, 3.8) is 0 Å². The molecule has 5 heteroatoms. The van der Waals surface area contributed by atoms with Gasteiger partial charge in [-0.25, -0.2) is 5.01 Å². The molecule has 1 aliphatic heterocycles. The largest absolute Gasteiger partial charge is 0.481 e. The zero-order chi connectivity index (χ0) is 13.1. The van der Waals surface area contributed by atoms with E-state index in [9.17, 15) is 9.59 Å². The number of carbonyl (C=O) groups is 2. The molecule has 0 spiro atoms. The number of hydrazone groups is 1. The Bertz CT molecular complexity index is 496. The Kier molecular flexibility index (Phi) is 3.41. The number of aliphatic carboxylic acids is 1. The van der Waals surface area contributed by atoms with E-state index in [0.29, 0.717) is 17.8 Å². The Morgan fingerprint density at radius 2 is 2.06 bits per heavy atom. The minimum absolute atomic E-state index is 0.0219. The summed E-state index contributed by atoms with van der Waals surface area (Å²) in [7, 11) is 0. The van der Waals surface area contributed by atoms with Crippen LogP contribution in [0.2, 0.25) is 0 Å². The lowest BCUT2D eigenvalue weighted by atomic mass is 9.98. The predicted molar refractivity (Wildman–Crippen MR) is 67.4 cm³/mol. The van der Waals surface area contributed by atoms with Gasteiger partial charge >= 0.3 is 5.97 Å². The number of carboxylic acids is 1. The van der Waals surface area contributed by atoms with E-state index in [2.05, 4.69) is 5.10 Å². The molecular weight excluding hydrogens is 232 g/mol. The van der Waals surface area contributed by atoms with E-state index >= 15 is 0 Å². The van der Waals surface area contributed by atoms with E-state index in [4.69, 9.17) is 5.11 Å². The molecule has 0 radical (unpaired) electrons. The lowest BCUT2D eigenvalue weighted by molar-refractivity contribution is -0.137. The van der Waals surface area contributed by atoms with Crippen LogP contribution in [0.15, 0.2) is 35.4 Å². The monoisotopic (exact) mass is 246 g/mol. The molecule has 0 fully saturated rings. The molecule has 1 atom stereocenters. The van der Waals surface area contributed by atoms with E-state index in [1.807, 2.05) is 18.2 Å². The summed E-state index contributed by atoms with van der Waals surface area (Å²) in [6.45, 7) is 1.76. The van der Waals surface area contributed by atoms with Gasteiger partial charge in [0.1, 0.15) is 0 Å². The number of hydrogen-bond acceptors (Lipinski definition) is 3. The average molecular weight is 246 g/mol. The number of nitrogens with zero attached hydrogens (tertiary/aromatic N) is 2. The Hall–Kier alpha value is -2.17. The minimum atomic E-state index is -0.895. The van der Waals surface area contributed by atoms with Crippen molar-refractivity contribution in [1.82, 2.24) is 0 Å². The van der Waals surface area contributed by atoms with Crippen LogP contribution >= 0.6 is 0 Å². The van der Waals surface area contributed by atoms with Crippen LogP contribution in [0.25, 0.3) is 0 Å². The molecule has 0 unspecified atom stereocenters. The number of para-hydroxylation sites is 1. The fourth-order valence-electron chi connectivity index (χ4n) is 1.96. The highest BCUT2D eigenvalue weighted by Gasteiger charge is 2.34. The molecule has 1 heterocycles. The van der Waals surface area contributed by atoms with E-state index in [1.54, 1.807) is 19.1 Å². The van der Waals surface area contributed by atoms with Gasteiger partial charge in [-0.05, 0) is 25.5 Å². The Morgan fingerprint density at radius 1 is 1.39 bits per heavy atom. The second kappa shape index (κ2) is 5.00. The molecule has 2 rings (SSSR count). The van der Waals surface area contributed by atoms with Gasteiger partial charge in [0.2, 0.25) is 0 Å². The summed E-state index contributed by atoms with van der Waals surface area (Å²) in [4.78, 5) is 22.7. The number of benzene rings is 1. The van der Waals surface area contributed by atoms with Crippen molar-refractivity contribution in [3.05, 3.63) is 30.3 Å². The SMILES string of the molecule is CC1=NN(c2ccccc2)C(=O)[C@H]1CCC(=O)O. The maximum Gasteiger partial charge on any atom is 0.303 e. The fourth-order valence-corrected chi connectivity index (χ4v) is 1.96. The molecule has 1 aliphatic rings. The van der Waals surface area contributed by atoms with Crippen molar-refractivity contribution in [1.29, 1.82) is 0 Å². The second-order valence-electron chi connectivity index (χ2n) is 4.21. The molecule has 5 nitrogen and oxygen atoms in total. The van der Waals surface area contributed by atoms with Crippen LogP contribution in [-0.4, -0.2) is 22.7 Å². The topological polar surface area (TPSA) is 70.0 Å². The zero-order valence-electron chi connectivity index (χ0n) is 10.0. The highest BCUT2D eigenvalue weighted by Crippen LogP contribution is 2.25. The first-order valence-electron chi connectivity index (χ1n) is 5.75. The fraction of sp³-hybridized carbons (Fsp3) is 0.308. The molecule has 0 bridgehead atoms. The van der Waals surface area contributed by atoms with Crippen LogP contribution < -0.4 is 5.01 Å². The van der Waals surface area contributed by atoms with E-state index in [0.717, 1.165) is 0 Å². The highest BCUT2D eigenvalue weighted by molar-refractivity contribution is 6.14. The van der Waals surface area contributed by atoms with Crippen molar-refractivity contribution < 1.29 is 14.7 Å². The number of hydrogen-bond donors (Lipinski definition) is 1. The van der Waals surface area contributed by atoms with Gasteiger partial charge in [0.25, 0.3) is 5.91 Å². The van der Waals surface area contributed by atoms with Crippen molar-refractivity contribution in [2.24, 2.45) is 11.0 Å². The molecule has 0 aromatic heterocycles. The third kappa shape index (κ3) is 2.40. The molecular formula is C13H14N2O3.